The molecule has 0 bridgehead atoms. The van der Waals surface area contributed by atoms with E-state index in [1.54, 1.807) is 11.3 Å². The lowest BCUT2D eigenvalue weighted by atomic mass is 9.65. The minimum atomic E-state index is -0.163. The molecular formula is C11H15NOS. The van der Waals surface area contributed by atoms with Crippen LogP contribution in [0.1, 0.15) is 24.1 Å². The van der Waals surface area contributed by atoms with Crippen LogP contribution in [0.2, 0.25) is 0 Å². The van der Waals surface area contributed by atoms with Crippen LogP contribution in [0.15, 0.2) is 17.5 Å². The summed E-state index contributed by atoms with van der Waals surface area (Å²) < 4.78 is 0. The highest BCUT2D eigenvalue weighted by Crippen LogP contribution is 2.41. The van der Waals surface area contributed by atoms with E-state index < -0.39 is 0 Å². The van der Waals surface area contributed by atoms with Gasteiger partial charge in [-0.15, -0.1) is 11.3 Å². The molecule has 14 heavy (non-hydrogen) atoms. The second-order valence-electron chi connectivity index (χ2n) is 4.02. The van der Waals surface area contributed by atoms with Crippen LogP contribution in [0, 0.1) is 5.41 Å². The van der Waals surface area contributed by atoms with Crippen LogP contribution in [0.3, 0.4) is 0 Å². The van der Waals surface area contributed by atoms with E-state index in [1.165, 1.54) is 0 Å². The van der Waals surface area contributed by atoms with Crippen molar-refractivity contribution in [3.05, 3.63) is 22.4 Å². The molecule has 2 N–H and O–H groups in total. The van der Waals surface area contributed by atoms with Gasteiger partial charge in [0.2, 0.25) is 0 Å². The Morgan fingerprint density at radius 3 is 2.79 bits per heavy atom. The first kappa shape index (κ1) is 9.87. The first-order chi connectivity index (χ1) is 6.77. The molecule has 2 nitrogen and oxygen atoms in total. The Labute approximate surface area is 88.1 Å². The summed E-state index contributed by atoms with van der Waals surface area (Å²) in [6.07, 6.45) is 3.73. The van der Waals surface area contributed by atoms with Gasteiger partial charge < -0.3 is 5.73 Å². The number of rotatable bonds is 4. The largest absolute Gasteiger partial charge is 0.329 e. The minimum absolute atomic E-state index is 0.163. The van der Waals surface area contributed by atoms with Crippen molar-refractivity contribution in [2.45, 2.75) is 25.7 Å². The number of carbonyl (C=O) groups excluding carboxylic acids is 1. The standard InChI is InChI=1S/C11H15NOS/c12-8-11(4-2-5-11)10(13)7-9-3-1-6-14-9/h1,3,6H,2,4-5,7-8,12H2. The molecule has 1 aliphatic carbocycles. The van der Waals surface area contributed by atoms with E-state index in [9.17, 15) is 4.79 Å². The first-order valence-corrected chi connectivity index (χ1v) is 5.90. The van der Waals surface area contributed by atoms with Crippen LogP contribution in [0.4, 0.5) is 0 Å². The average Bonchev–Trinajstić information content (AvgIpc) is 2.55. The van der Waals surface area contributed by atoms with Gasteiger partial charge in [-0.05, 0) is 24.3 Å². The zero-order valence-corrected chi connectivity index (χ0v) is 8.98. The molecule has 1 aromatic rings. The molecule has 3 heteroatoms. The minimum Gasteiger partial charge on any atom is -0.329 e. The van der Waals surface area contributed by atoms with Crippen molar-refractivity contribution in [2.75, 3.05) is 6.54 Å². The predicted molar refractivity (Wildman–Crippen MR) is 58.4 cm³/mol. The van der Waals surface area contributed by atoms with Crippen LogP contribution in [0.5, 0.6) is 0 Å². The molecule has 0 saturated heterocycles. The molecule has 1 heterocycles. The van der Waals surface area contributed by atoms with E-state index in [2.05, 4.69) is 0 Å². The van der Waals surface area contributed by atoms with Crippen molar-refractivity contribution >= 4 is 17.1 Å². The SMILES string of the molecule is NCC1(C(=O)Cc2cccs2)CCC1. The second kappa shape index (κ2) is 3.83. The topological polar surface area (TPSA) is 43.1 Å². The van der Waals surface area contributed by atoms with Gasteiger partial charge in [0.1, 0.15) is 5.78 Å². The molecule has 0 atom stereocenters. The van der Waals surface area contributed by atoms with Crippen molar-refractivity contribution in [1.82, 2.24) is 0 Å². The van der Waals surface area contributed by atoms with Gasteiger partial charge in [0.25, 0.3) is 0 Å². The van der Waals surface area contributed by atoms with E-state index >= 15 is 0 Å². The Morgan fingerprint density at radius 1 is 1.57 bits per heavy atom. The smallest absolute Gasteiger partial charge is 0.145 e. The van der Waals surface area contributed by atoms with E-state index in [1.807, 2.05) is 17.5 Å². The van der Waals surface area contributed by atoms with Crippen molar-refractivity contribution in [2.24, 2.45) is 11.1 Å². The highest BCUT2D eigenvalue weighted by atomic mass is 32.1. The lowest BCUT2D eigenvalue weighted by Gasteiger charge is -2.39. The molecule has 0 unspecified atom stereocenters. The molecule has 0 spiro atoms. The van der Waals surface area contributed by atoms with Crippen molar-refractivity contribution < 1.29 is 4.79 Å². The van der Waals surface area contributed by atoms with Gasteiger partial charge in [-0.1, -0.05) is 12.5 Å². The zero-order valence-electron chi connectivity index (χ0n) is 8.16. The summed E-state index contributed by atoms with van der Waals surface area (Å²) in [7, 11) is 0. The molecule has 76 valence electrons. The number of hydrogen-bond donors (Lipinski definition) is 1. The molecule has 1 aromatic heterocycles. The highest BCUT2D eigenvalue weighted by molar-refractivity contribution is 7.10. The Balaban J connectivity index is 2.01. The number of ketones is 1. The summed E-state index contributed by atoms with van der Waals surface area (Å²) in [5.74, 6) is 0.341. The van der Waals surface area contributed by atoms with Crippen molar-refractivity contribution in [3.63, 3.8) is 0 Å². The fourth-order valence-electron chi connectivity index (χ4n) is 1.96. The van der Waals surface area contributed by atoms with Gasteiger partial charge in [-0.3, -0.25) is 4.79 Å². The molecule has 1 fully saturated rings. The van der Waals surface area contributed by atoms with Gasteiger partial charge in [-0.25, -0.2) is 0 Å². The summed E-state index contributed by atoms with van der Waals surface area (Å²) >= 11 is 1.65. The van der Waals surface area contributed by atoms with Gasteiger partial charge in [0, 0.05) is 23.3 Å². The highest BCUT2D eigenvalue weighted by Gasteiger charge is 2.42. The third-order valence-electron chi connectivity index (χ3n) is 3.21. The van der Waals surface area contributed by atoms with E-state index in [0.29, 0.717) is 18.7 Å². The van der Waals surface area contributed by atoms with E-state index in [4.69, 9.17) is 5.73 Å². The lowest BCUT2D eigenvalue weighted by molar-refractivity contribution is -0.132. The molecule has 0 amide bonds. The van der Waals surface area contributed by atoms with Gasteiger partial charge in [0.15, 0.2) is 0 Å². The molecule has 2 rings (SSSR count). The fraction of sp³-hybridized carbons (Fsp3) is 0.545. The Morgan fingerprint density at radius 2 is 2.36 bits per heavy atom. The molecule has 0 aromatic carbocycles. The summed E-state index contributed by atoms with van der Waals surface area (Å²) in [5, 5.41) is 2.01. The molecule has 1 aliphatic rings. The van der Waals surface area contributed by atoms with Gasteiger partial charge in [0.05, 0.1) is 0 Å². The van der Waals surface area contributed by atoms with Crippen LogP contribution >= 0.6 is 11.3 Å². The summed E-state index contributed by atoms with van der Waals surface area (Å²) in [6.45, 7) is 0.525. The average molecular weight is 209 g/mol. The van der Waals surface area contributed by atoms with Gasteiger partial charge in [-0.2, -0.15) is 0 Å². The molecular weight excluding hydrogens is 194 g/mol. The quantitative estimate of drug-likeness (QED) is 0.824. The maximum absolute atomic E-state index is 12.0. The monoisotopic (exact) mass is 209 g/mol. The first-order valence-electron chi connectivity index (χ1n) is 5.03. The zero-order chi connectivity index (χ0) is 10.0. The Hall–Kier alpha value is -0.670. The second-order valence-corrected chi connectivity index (χ2v) is 5.05. The maximum atomic E-state index is 12.0. The molecule has 0 radical (unpaired) electrons. The van der Waals surface area contributed by atoms with Gasteiger partial charge >= 0.3 is 0 Å². The van der Waals surface area contributed by atoms with E-state index in [-0.39, 0.29) is 5.41 Å². The third kappa shape index (κ3) is 1.62. The maximum Gasteiger partial charge on any atom is 0.145 e. The number of nitrogens with two attached hydrogens (primary N) is 1. The fourth-order valence-corrected chi connectivity index (χ4v) is 2.66. The Kier molecular flexibility index (Phi) is 2.70. The van der Waals surface area contributed by atoms with Crippen LogP contribution in [-0.4, -0.2) is 12.3 Å². The predicted octanol–water partition coefficient (Wildman–Crippen LogP) is 1.99. The summed E-state index contributed by atoms with van der Waals surface area (Å²) in [5.41, 5.74) is 5.52. The lowest BCUT2D eigenvalue weighted by Crippen LogP contribution is -2.45. The van der Waals surface area contributed by atoms with Crippen LogP contribution in [-0.2, 0) is 11.2 Å². The number of hydrogen-bond acceptors (Lipinski definition) is 3. The summed E-state index contributed by atoms with van der Waals surface area (Å²) in [6, 6.07) is 4.01. The van der Waals surface area contributed by atoms with Crippen LogP contribution < -0.4 is 5.73 Å². The van der Waals surface area contributed by atoms with Crippen LogP contribution in [0.25, 0.3) is 0 Å². The van der Waals surface area contributed by atoms with E-state index in [0.717, 1.165) is 24.1 Å². The summed E-state index contributed by atoms with van der Waals surface area (Å²) in [4.78, 5) is 13.1. The normalized spacial score (nSPS) is 18.9. The molecule has 1 saturated carbocycles. The number of Topliss-reactive ketones (excluding diaryl/α,β-unsaturated/α-hetero) is 1. The molecule has 0 aliphatic heterocycles. The van der Waals surface area contributed by atoms with Crippen molar-refractivity contribution in [3.8, 4) is 0 Å². The number of thiophene rings is 1. The number of carbonyl (C=O) groups is 1. The third-order valence-corrected chi connectivity index (χ3v) is 4.08. The van der Waals surface area contributed by atoms with Crippen molar-refractivity contribution in [1.29, 1.82) is 0 Å². The Bertz CT molecular complexity index is 309.